The van der Waals surface area contributed by atoms with Crippen LogP contribution in [0.3, 0.4) is 0 Å². The Morgan fingerprint density at radius 1 is 0.829 bits per heavy atom. The number of Topliss-reactive ketones (excluding diaryl/α,β-unsaturated/α-hetero) is 1. The molecule has 1 aliphatic heterocycles. The predicted molar refractivity (Wildman–Crippen MR) is 174 cm³/mol. The molecular formula is C34H49N3O3S. The molecule has 41 heavy (non-hydrogen) atoms. The minimum atomic E-state index is -0.365. The third kappa shape index (κ3) is 11.8. The SMILES string of the molecule is CCCCCCCCCCCCCCOc1c(NC(=O)Nc2ccccc2CN2C=C(C)SC2)cccc1C(C)=O. The summed E-state index contributed by atoms with van der Waals surface area (Å²) in [6.07, 6.45) is 17.5. The molecule has 0 atom stereocenters. The number of anilines is 2. The number of hydrogen-bond acceptors (Lipinski definition) is 5. The fourth-order valence-electron chi connectivity index (χ4n) is 5.07. The number of nitrogens with zero attached hydrogens (tertiary/aromatic N) is 1. The first kappa shape index (κ1) is 32.6. The van der Waals surface area contributed by atoms with Crippen LogP contribution in [0.2, 0.25) is 0 Å². The molecule has 2 aromatic carbocycles. The van der Waals surface area contributed by atoms with E-state index in [2.05, 4.69) is 35.6 Å². The number of allylic oxidation sites excluding steroid dienone is 1. The number of carbonyl (C=O) groups is 2. The van der Waals surface area contributed by atoms with Gasteiger partial charge < -0.3 is 20.3 Å². The predicted octanol–water partition coefficient (Wildman–Crippen LogP) is 9.98. The van der Waals surface area contributed by atoms with Gasteiger partial charge in [0.05, 0.1) is 23.7 Å². The molecular weight excluding hydrogens is 530 g/mol. The molecule has 1 aliphatic rings. The van der Waals surface area contributed by atoms with Crippen molar-refractivity contribution in [2.24, 2.45) is 0 Å². The number of unbranched alkanes of at least 4 members (excludes halogenated alkanes) is 11. The number of amides is 2. The van der Waals surface area contributed by atoms with Gasteiger partial charge in [-0.1, -0.05) is 102 Å². The second kappa shape index (κ2) is 18.5. The summed E-state index contributed by atoms with van der Waals surface area (Å²) >= 11 is 1.81. The minimum Gasteiger partial charge on any atom is -0.491 e. The van der Waals surface area contributed by atoms with Gasteiger partial charge in [0.25, 0.3) is 0 Å². The number of carbonyl (C=O) groups excluding carboxylic acids is 2. The third-order valence-electron chi connectivity index (χ3n) is 7.35. The van der Waals surface area contributed by atoms with Crippen LogP contribution in [0.4, 0.5) is 16.2 Å². The Labute approximate surface area is 251 Å². The van der Waals surface area contributed by atoms with Gasteiger partial charge in [0.15, 0.2) is 11.5 Å². The molecule has 224 valence electrons. The Morgan fingerprint density at radius 2 is 1.44 bits per heavy atom. The standard InChI is InChI=1S/C34H49N3O3S/c1-4-5-6-7-8-9-10-11-12-13-14-17-23-40-33-30(28(3)38)20-18-22-32(33)36-34(39)35-31-21-16-15-19-29(31)25-37-24-27(2)41-26-37/h15-16,18-22,24H,4-14,17,23,25-26H2,1-3H3,(H2,35,36,39). The molecule has 0 radical (unpaired) electrons. The van der Waals surface area contributed by atoms with Crippen molar-refractivity contribution < 1.29 is 14.3 Å². The fourth-order valence-corrected chi connectivity index (χ4v) is 5.83. The molecule has 0 aliphatic carbocycles. The molecule has 0 spiro atoms. The van der Waals surface area contributed by atoms with Crippen LogP contribution >= 0.6 is 11.8 Å². The number of thioether (sulfide) groups is 1. The van der Waals surface area contributed by atoms with Gasteiger partial charge in [0.2, 0.25) is 0 Å². The molecule has 7 heteroatoms. The monoisotopic (exact) mass is 579 g/mol. The van der Waals surface area contributed by atoms with Gasteiger partial charge in [0.1, 0.15) is 0 Å². The maximum Gasteiger partial charge on any atom is 0.323 e. The number of hydrogen-bond donors (Lipinski definition) is 2. The number of benzene rings is 2. The molecule has 2 N–H and O–H groups in total. The molecule has 0 saturated heterocycles. The van der Waals surface area contributed by atoms with Gasteiger partial charge in [-0.05, 0) is 48.9 Å². The summed E-state index contributed by atoms with van der Waals surface area (Å²) < 4.78 is 6.12. The lowest BCUT2D eigenvalue weighted by atomic mass is 10.1. The van der Waals surface area contributed by atoms with E-state index in [4.69, 9.17) is 4.74 Å². The van der Waals surface area contributed by atoms with Crippen molar-refractivity contribution in [3.05, 3.63) is 64.7 Å². The van der Waals surface area contributed by atoms with Gasteiger partial charge >= 0.3 is 6.03 Å². The van der Waals surface area contributed by atoms with Crippen LogP contribution in [0.5, 0.6) is 5.75 Å². The normalized spacial score (nSPS) is 12.8. The smallest absolute Gasteiger partial charge is 0.323 e. The van der Waals surface area contributed by atoms with E-state index < -0.39 is 0 Å². The second-order valence-electron chi connectivity index (χ2n) is 11.0. The summed E-state index contributed by atoms with van der Waals surface area (Å²) in [5, 5.41) is 5.91. The maximum atomic E-state index is 13.1. The average Bonchev–Trinajstić information content (AvgIpc) is 3.37. The van der Waals surface area contributed by atoms with E-state index in [1.807, 2.05) is 36.0 Å². The van der Waals surface area contributed by atoms with Gasteiger partial charge in [-0.15, -0.1) is 11.8 Å². The number of para-hydroxylation sites is 2. The van der Waals surface area contributed by atoms with Crippen molar-refractivity contribution >= 4 is 35.0 Å². The Morgan fingerprint density at radius 3 is 2.07 bits per heavy atom. The molecule has 0 saturated carbocycles. The van der Waals surface area contributed by atoms with E-state index in [-0.39, 0.29) is 11.8 Å². The zero-order chi connectivity index (χ0) is 29.3. The highest BCUT2D eigenvalue weighted by molar-refractivity contribution is 8.03. The Bertz CT molecular complexity index is 1130. The zero-order valence-electron chi connectivity index (χ0n) is 25.3. The molecule has 2 amide bonds. The Kier molecular flexibility index (Phi) is 14.7. The van der Waals surface area contributed by atoms with Crippen LogP contribution in [-0.2, 0) is 6.54 Å². The number of urea groups is 1. The fraction of sp³-hybridized carbons (Fsp3) is 0.529. The molecule has 0 aromatic heterocycles. The number of ketones is 1. The first-order valence-corrected chi connectivity index (χ1v) is 16.4. The largest absolute Gasteiger partial charge is 0.491 e. The summed E-state index contributed by atoms with van der Waals surface area (Å²) in [7, 11) is 0. The van der Waals surface area contributed by atoms with Crippen LogP contribution in [0.15, 0.2) is 53.6 Å². The van der Waals surface area contributed by atoms with Crippen molar-refractivity contribution in [1.82, 2.24) is 4.90 Å². The highest BCUT2D eigenvalue weighted by Gasteiger charge is 2.17. The number of nitrogens with one attached hydrogen (secondary N) is 2. The van der Waals surface area contributed by atoms with E-state index in [0.29, 0.717) is 30.2 Å². The van der Waals surface area contributed by atoms with E-state index in [0.717, 1.165) is 30.0 Å². The Balaban J connectivity index is 1.46. The van der Waals surface area contributed by atoms with E-state index >= 15 is 0 Å². The van der Waals surface area contributed by atoms with Crippen molar-refractivity contribution in [3.8, 4) is 5.75 Å². The van der Waals surface area contributed by atoms with Crippen LogP contribution in [-0.4, -0.2) is 29.2 Å². The van der Waals surface area contributed by atoms with Crippen molar-refractivity contribution in [2.45, 2.75) is 104 Å². The second-order valence-corrected chi connectivity index (χ2v) is 12.2. The van der Waals surface area contributed by atoms with E-state index in [1.54, 1.807) is 18.2 Å². The highest BCUT2D eigenvalue weighted by Crippen LogP contribution is 2.31. The first-order chi connectivity index (χ1) is 20.0. The quantitative estimate of drug-likeness (QED) is 0.128. The van der Waals surface area contributed by atoms with E-state index in [9.17, 15) is 9.59 Å². The summed E-state index contributed by atoms with van der Waals surface area (Å²) in [4.78, 5) is 28.9. The molecule has 1 heterocycles. The zero-order valence-corrected chi connectivity index (χ0v) is 26.1. The maximum absolute atomic E-state index is 13.1. The lowest BCUT2D eigenvalue weighted by Crippen LogP contribution is -2.22. The average molecular weight is 580 g/mol. The molecule has 0 fully saturated rings. The molecule has 0 unspecified atom stereocenters. The van der Waals surface area contributed by atoms with E-state index in [1.165, 1.54) is 76.0 Å². The molecule has 2 aromatic rings. The molecule has 3 rings (SSSR count). The van der Waals surface area contributed by atoms with Gasteiger partial charge in [-0.25, -0.2) is 4.79 Å². The first-order valence-electron chi connectivity index (χ1n) is 15.5. The number of ether oxygens (including phenoxy) is 1. The van der Waals surface area contributed by atoms with Crippen molar-refractivity contribution in [2.75, 3.05) is 23.1 Å². The van der Waals surface area contributed by atoms with Crippen LogP contribution in [0, 0.1) is 0 Å². The lowest BCUT2D eigenvalue weighted by molar-refractivity contribution is 0.101. The Hall–Kier alpha value is -2.93. The van der Waals surface area contributed by atoms with Gasteiger partial charge in [-0.3, -0.25) is 4.79 Å². The molecule has 6 nitrogen and oxygen atoms in total. The summed E-state index contributed by atoms with van der Waals surface area (Å²) in [5.74, 6) is 1.27. The minimum absolute atomic E-state index is 0.0871. The summed E-state index contributed by atoms with van der Waals surface area (Å²) in [6.45, 7) is 7.13. The van der Waals surface area contributed by atoms with Crippen molar-refractivity contribution in [1.29, 1.82) is 0 Å². The summed E-state index contributed by atoms with van der Waals surface area (Å²) in [5.41, 5.74) is 2.78. The van der Waals surface area contributed by atoms with Crippen LogP contribution in [0.25, 0.3) is 0 Å². The van der Waals surface area contributed by atoms with Gasteiger partial charge in [-0.2, -0.15) is 0 Å². The molecule has 0 bridgehead atoms. The highest BCUT2D eigenvalue weighted by atomic mass is 32.2. The van der Waals surface area contributed by atoms with Gasteiger partial charge in [0, 0.05) is 18.4 Å². The van der Waals surface area contributed by atoms with Crippen molar-refractivity contribution in [3.63, 3.8) is 0 Å². The third-order valence-corrected chi connectivity index (χ3v) is 8.37. The summed E-state index contributed by atoms with van der Waals surface area (Å²) in [6, 6.07) is 12.8. The number of rotatable bonds is 19. The topological polar surface area (TPSA) is 70.7 Å². The lowest BCUT2D eigenvalue weighted by Gasteiger charge is -2.19. The van der Waals surface area contributed by atoms with Crippen LogP contribution in [0.1, 0.15) is 114 Å². The van der Waals surface area contributed by atoms with Crippen LogP contribution < -0.4 is 15.4 Å².